The maximum Gasteiger partial charge on any atom is 0.189 e. The molecule has 2 rings (SSSR count). The van der Waals surface area contributed by atoms with Crippen molar-refractivity contribution in [1.82, 2.24) is 4.98 Å². The zero-order valence-electron chi connectivity index (χ0n) is 12.8. The van der Waals surface area contributed by atoms with Crippen LogP contribution in [0, 0.1) is 0 Å². The van der Waals surface area contributed by atoms with Crippen molar-refractivity contribution in [3.8, 4) is 5.75 Å². The maximum absolute atomic E-state index is 11.1. The minimum absolute atomic E-state index is 0.144. The molecule has 1 aromatic carbocycles. The third kappa shape index (κ3) is 4.65. The summed E-state index contributed by atoms with van der Waals surface area (Å²) in [7, 11) is -1.09. The quantitative estimate of drug-likeness (QED) is 0.338. The molecule has 1 heterocycles. The van der Waals surface area contributed by atoms with Crippen LogP contribution in [0.5, 0.6) is 5.75 Å². The van der Waals surface area contributed by atoms with E-state index < -0.39 is 8.07 Å². The van der Waals surface area contributed by atoms with Crippen LogP contribution in [0.1, 0.15) is 10.5 Å². The summed E-state index contributed by atoms with van der Waals surface area (Å²) < 4.78 is 11.0. The van der Waals surface area contributed by atoms with Crippen LogP contribution in [0.4, 0.5) is 0 Å². The van der Waals surface area contributed by atoms with Crippen molar-refractivity contribution >= 4 is 25.3 Å². The molecule has 0 amide bonds. The predicted octanol–water partition coefficient (Wildman–Crippen LogP) is 3.74. The third-order valence-electron chi connectivity index (χ3n) is 3.12. The summed E-state index contributed by atoms with van der Waals surface area (Å²) >= 11 is 0. The van der Waals surface area contributed by atoms with Gasteiger partial charge < -0.3 is 9.47 Å². The Bertz CT molecular complexity index is 622. The first-order valence-corrected chi connectivity index (χ1v) is 10.8. The van der Waals surface area contributed by atoms with E-state index in [0.717, 1.165) is 16.9 Å². The van der Waals surface area contributed by atoms with Gasteiger partial charge in [-0.1, -0.05) is 37.8 Å². The van der Waals surface area contributed by atoms with E-state index in [1.165, 1.54) is 0 Å². The summed E-state index contributed by atoms with van der Waals surface area (Å²) in [4.78, 5) is 15.4. The average molecular weight is 303 g/mol. The van der Waals surface area contributed by atoms with Crippen LogP contribution in [0.2, 0.25) is 25.7 Å². The molecule has 0 saturated carbocycles. The first kappa shape index (κ1) is 15.7. The van der Waals surface area contributed by atoms with Gasteiger partial charge in [0.1, 0.15) is 5.69 Å². The smallest absolute Gasteiger partial charge is 0.189 e. The van der Waals surface area contributed by atoms with Gasteiger partial charge in [-0.3, -0.25) is 4.79 Å². The fourth-order valence-electron chi connectivity index (χ4n) is 1.85. The number of fused-ring (bicyclic) bond motifs is 1. The summed E-state index contributed by atoms with van der Waals surface area (Å²) in [5.41, 5.74) is 1.09. The topological polar surface area (TPSA) is 48.4 Å². The molecular weight excluding hydrogens is 282 g/mol. The molecule has 0 unspecified atom stereocenters. The van der Waals surface area contributed by atoms with Gasteiger partial charge in [0.15, 0.2) is 18.8 Å². The number of ether oxygens (including phenoxy) is 2. The lowest BCUT2D eigenvalue weighted by Gasteiger charge is -2.15. The number of aromatic nitrogens is 1. The number of pyridine rings is 1. The van der Waals surface area contributed by atoms with E-state index in [9.17, 15) is 4.79 Å². The lowest BCUT2D eigenvalue weighted by molar-refractivity contribution is 0.0216. The molecule has 0 aliphatic heterocycles. The third-order valence-corrected chi connectivity index (χ3v) is 4.83. The molecule has 5 heteroatoms. The second-order valence-corrected chi connectivity index (χ2v) is 11.8. The average Bonchev–Trinajstić information content (AvgIpc) is 2.44. The first-order valence-electron chi connectivity index (χ1n) is 7.05. The van der Waals surface area contributed by atoms with Crippen LogP contribution in [0.25, 0.3) is 10.9 Å². The van der Waals surface area contributed by atoms with E-state index >= 15 is 0 Å². The van der Waals surface area contributed by atoms with Crippen LogP contribution >= 0.6 is 0 Å². The highest BCUT2D eigenvalue weighted by Gasteiger charge is 2.12. The Balaban J connectivity index is 1.99. The van der Waals surface area contributed by atoms with Crippen LogP contribution in [0.15, 0.2) is 30.3 Å². The molecule has 2 aromatic rings. The van der Waals surface area contributed by atoms with E-state index in [1.54, 1.807) is 0 Å². The van der Waals surface area contributed by atoms with Crippen LogP contribution in [0.3, 0.4) is 0 Å². The second-order valence-electron chi connectivity index (χ2n) is 6.16. The van der Waals surface area contributed by atoms with Gasteiger partial charge >= 0.3 is 0 Å². The van der Waals surface area contributed by atoms with Crippen LogP contribution in [-0.4, -0.2) is 32.7 Å². The molecule has 0 atom stereocenters. The number of carbonyl (C=O) groups is 1. The zero-order chi connectivity index (χ0) is 15.3. The highest BCUT2D eigenvalue weighted by Crippen LogP contribution is 2.22. The summed E-state index contributed by atoms with van der Waals surface area (Å²) in [5.74, 6) is 0.469. The van der Waals surface area contributed by atoms with E-state index in [1.807, 2.05) is 30.3 Å². The summed E-state index contributed by atoms with van der Waals surface area (Å²) in [6, 6.07) is 10.6. The Kier molecular flexibility index (Phi) is 5.09. The van der Waals surface area contributed by atoms with Crippen molar-refractivity contribution in [2.75, 3.05) is 13.4 Å². The van der Waals surface area contributed by atoms with Gasteiger partial charge in [0.2, 0.25) is 0 Å². The molecule has 112 valence electrons. The molecular formula is C16H21NO3Si. The number of aldehydes is 1. The Morgan fingerprint density at radius 2 is 2.00 bits per heavy atom. The number of rotatable bonds is 7. The SMILES string of the molecule is C[Si](C)(C)CCOCOc1cc2ccccc2nc1C=O. The molecule has 0 bridgehead atoms. The summed E-state index contributed by atoms with van der Waals surface area (Å²) in [6.45, 7) is 7.73. The monoisotopic (exact) mass is 303 g/mol. The van der Waals surface area contributed by atoms with E-state index in [4.69, 9.17) is 9.47 Å². The number of hydrogen-bond acceptors (Lipinski definition) is 4. The minimum atomic E-state index is -1.09. The van der Waals surface area contributed by atoms with Gasteiger partial charge in [-0.25, -0.2) is 4.98 Å². The fraction of sp³-hybridized carbons (Fsp3) is 0.375. The number of carbonyl (C=O) groups excluding carboxylic acids is 1. The fourth-order valence-corrected chi connectivity index (χ4v) is 2.61. The van der Waals surface area contributed by atoms with Gasteiger partial charge in [-0.05, 0) is 18.2 Å². The van der Waals surface area contributed by atoms with Crippen molar-refractivity contribution in [2.45, 2.75) is 25.7 Å². The molecule has 4 nitrogen and oxygen atoms in total. The van der Waals surface area contributed by atoms with Crippen molar-refractivity contribution in [3.63, 3.8) is 0 Å². The maximum atomic E-state index is 11.1. The number of para-hydroxylation sites is 1. The lowest BCUT2D eigenvalue weighted by atomic mass is 10.2. The Labute approximate surface area is 126 Å². The number of hydrogen-bond donors (Lipinski definition) is 0. The first-order chi connectivity index (χ1) is 9.99. The van der Waals surface area contributed by atoms with E-state index in [-0.39, 0.29) is 6.79 Å². The Morgan fingerprint density at radius 1 is 1.24 bits per heavy atom. The molecule has 0 radical (unpaired) electrons. The number of nitrogens with zero attached hydrogens (tertiary/aromatic N) is 1. The second kappa shape index (κ2) is 6.82. The molecule has 0 aliphatic carbocycles. The lowest BCUT2D eigenvalue weighted by Crippen LogP contribution is -2.22. The highest BCUT2D eigenvalue weighted by atomic mass is 28.3. The Morgan fingerprint density at radius 3 is 2.71 bits per heavy atom. The van der Waals surface area contributed by atoms with Gasteiger partial charge in [-0.2, -0.15) is 0 Å². The molecule has 1 aromatic heterocycles. The highest BCUT2D eigenvalue weighted by molar-refractivity contribution is 6.76. The van der Waals surface area contributed by atoms with E-state index in [2.05, 4.69) is 24.6 Å². The van der Waals surface area contributed by atoms with E-state index in [0.29, 0.717) is 24.3 Å². The van der Waals surface area contributed by atoms with Gasteiger partial charge in [0.25, 0.3) is 0 Å². The van der Waals surface area contributed by atoms with Crippen molar-refractivity contribution in [2.24, 2.45) is 0 Å². The van der Waals surface area contributed by atoms with Crippen molar-refractivity contribution < 1.29 is 14.3 Å². The normalized spacial score (nSPS) is 11.6. The summed E-state index contributed by atoms with van der Waals surface area (Å²) in [6.07, 6.45) is 0.712. The van der Waals surface area contributed by atoms with Crippen LogP contribution < -0.4 is 4.74 Å². The van der Waals surface area contributed by atoms with Crippen LogP contribution in [-0.2, 0) is 4.74 Å². The number of benzene rings is 1. The molecule has 0 aliphatic rings. The Hall–Kier alpha value is -1.72. The largest absolute Gasteiger partial charge is 0.465 e. The minimum Gasteiger partial charge on any atom is -0.465 e. The van der Waals surface area contributed by atoms with Gasteiger partial charge in [0.05, 0.1) is 5.52 Å². The molecule has 0 fully saturated rings. The van der Waals surface area contributed by atoms with Gasteiger partial charge in [0, 0.05) is 20.1 Å². The van der Waals surface area contributed by atoms with Crippen molar-refractivity contribution in [1.29, 1.82) is 0 Å². The van der Waals surface area contributed by atoms with Crippen molar-refractivity contribution in [3.05, 3.63) is 36.0 Å². The zero-order valence-corrected chi connectivity index (χ0v) is 13.8. The summed E-state index contributed by atoms with van der Waals surface area (Å²) in [5, 5.41) is 0.945. The molecule has 21 heavy (non-hydrogen) atoms. The van der Waals surface area contributed by atoms with Gasteiger partial charge in [-0.15, -0.1) is 0 Å². The predicted molar refractivity (Wildman–Crippen MR) is 86.7 cm³/mol. The molecule has 0 saturated heterocycles. The molecule has 0 N–H and O–H groups in total. The molecule has 0 spiro atoms. The standard InChI is InChI=1S/C16H21NO3Si/c1-21(2,3)9-8-19-12-20-16-10-13-6-4-5-7-14(13)17-15(16)11-18/h4-7,10-11H,8-9,12H2,1-3H3.